The summed E-state index contributed by atoms with van der Waals surface area (Å²) in [4.78, 5) is 2.59. The molecule has 0 aliphatic carbocycles. The Kier molecular flexibility index (Phi) is 13.8. The van der Waals surface area contributed by atoms with Gasteiger partial charge in [0.15, 0.2) is 0 Å². The van der Waals surface area contributed by atoms with Gasteiger partial charge in [0.25, 0.3) is 0 Å². The molecular weight excluding hydrogens is 212 g/mol. The molecule has 0 bridgehead atoms. The van der Waals surface area contributed by atoms with E-state index < -0.39 is 0 Å². The van der Waals surface area contributed by atoms with Crippen molar-refractivity contribution in [2.24, 2.45) is 0 Å². The van der Waals surface area contributed by atoms with Crippen LogP contribution in [0.15, 0.2) is 0 Å². The molecule has 0 spiro atoms. The van der Waals surface area contributed by atoms with Gasteiger partial charge in [0.05, 0.1) is 0 Å². The first-order valence-electron chi connectivity index (χ1n) is 7.27. The fourth-order valence-corrected chi connectivity index (χ4v) is 1.80. The van der Waals surface area contributed by atoms with Crippen molar-refractivity contribution < 1.29 is 4.74 Å². The smallest absolute Gasteiger partial charge is 0.0474 e. The first-order valence-corrected chi connectivity index (χ1v) is 7.27. The molecule has 0 aromatic carbocycles. The van der Waals surface area contributed by atoms with Gasteiger partial charge < -0.3 is 15.0 Å². The number of methoxy groups -OCH3 is 1. The van der Waals surface area contributed by atoms with Crippen molar-refractivity contribution in [3.05, 3.63) is 0 Å². The van der Waals surface area contributed by atoms with E-state index in [9.17, 15) is 0 Å². The van der Waals surface area contributed by atoms with Crippen molar-refractivity contribution in [3.8, 4) is 0 Å². The Hall–Kier alpha value is -0.120. The molecule has 17 heavy (non-hydrogen) atoms. The van der Waals surface area contributed by atoms with Gasteiger partial charge in [-0.1, -0.05) is 26.7 Å². The molecule has 0 aliphatic rings. The second-order valence-corrected chi connectivity index (χ2v) is 4.65. The van der Waals surface area contributed by atoms with Crippen LogP contribution in [0.5, 0.6) is 0 Å². The molecule has 0 saturated carbocycles. The van der Waals surface area contributed by atoms with Gasteiger partial charge >= 0.3 is 0 Å². The quantitative estimate of drug-likeness (QED) is 0.504. The molecule has 0 unspecified atom stereocenters. The SMILES string of the molecule is CCCCN(CCCC)CCNCCCOC. The lowest BCUT2D eigenvalue weighted by Crippen LogP contribution is -2.34. The number of nitrogens with one attached hydrogen (secondary N) is 1. The Labute approximate surface area is 108 Å². The van der Waals surface area contributed by atoms with E-state index in [2.05, 4.69) is 24.1 Å². The molecule has 1 N–H and O–H groups in total. The van der Waals surface area contributed by atoms with Crippen LogP contribution < -0.4 is 5.32 Å². The number of ether oxygens (including phenoxy) is 1. The third kappa shape index (κ3) is 12.1. The molecule has 0 radical (unpaired) electrons. The zero-order valence-corrected chi connectivity index (χ0v) is 12.1. The zero-order chi connectivity index (χ0) is 12.8. The lowest BCUT2D eigenvalue weighted by Gasteiger charge is -2.22. The summed E-state index contributed by atoms with van der Waals surface area (Å²) < 4.78 is 5.03. The summed E-state index contributed by atoms with van der Waals surface area (Å²) in [5.41, 5.74) is 0. The Morgan fingerprint density at radius 2 is 1.53 bits per heavy atom. The first kappa shape index (κ1) is 16.9. The van der Waals surface area contributed by atoms with Gasteiger partial charge in [0.2, 0.25) is 0 Å². The van der Waals surface area contributed by atoms with Crippen LogP contribution in [0, 0.1) is 0 Å². The summed E-state index contributed by atoms with van der Waals surface area (Å²) in [5.74, 6) is 0. The van der Waals surface area contributed by atoms with Crippen molar-refractivity contribution >= 4 is 0 Å². The Morgan fingerprint density at radius 1 is 0.882 bits per heavy atom. The molecule has 0 fully saturated rings. The summed E-state index contributed by atoms with van der Waals surface area (Å²) in [6.07, 6.45) is 6.36. The molecule has 0 rings (SSSR count). The number of hydrogen-bond acceptors (Lipinski definition) is 3. The van der Waals surface area contributed by atoms with Crippen molar-refractivity contribution in [3.63, 3.8) is 0 Å². The van der Waals surface area contributed by atoms with Crippen LogP contribution in [0.25, 0.3) is 0 Å². The maximum absolute atomic E-state index is 5.03. The van der Waals surface area contributed by atoms with Crippen LogP contribution >= 0.6 is 0 Å². The Morgan fingerprint density at radius 3 is 2.06 bits per heavy atom. The molecule has 104 valence electrons. The van der Waals surface area contributed by atoms with E-state index in [0.29, 0.717) is 0 Å². The minimum atomic E-state index is 0.863. The number of unbranched alkanes of at least 4 members (excludes halogenated alkanes) is 2. The van der Waals surface area contributed by atoms with E-state index in [-0.39, 0.29) is 0 Å². The van der Waals surface area contributed by atoms with E-state index >= 15 is 0 Å². The van der Waals surface area contributed by atoms with Crippen LogP contribution in [0.2, 0.25) is 0 Å². The summed E-state index contributed by atoms with van der Waals surface area (Å²) >= 11 is 0. The molecule has 0 heterocycles. The van der Waals surface area contributed by atoms with Gasteiger partial charge in [-0.05, 0) is 38.9 Å². The summed E-state index contributed by atoms with van der Waals surface area (Å²) in [5, 5.41) is 3.48. The van der Waals surface area contributed by atoms with Crippen LogP contribution in [0.1, 0.15) is 46.0 Å². The standard InChI is InChI=1S/C14H32N2O/c1-4-6-11-16(12-7-5-2)13-10-15-9-8-14-17-3/h15H,4-14H2,1-3H3. The number of rotatable bonds is 13. The normalized spacial score (nSPS) is 11.3. The lowest BCUT2D eigenvalue weighted by atomic mass is 10.2. The highest BCUT2D eigenvalue weighted by molar-refractivity contribution is 4.60. The van der Waals surface area contributed by atoms with E-state index in [1.807, 2.05) is 0 Å². The molecule has 0 atom stereocenters. The topological polar surface area (TPSA) is 24.5 Å². The molecule has 3 heteroatoms. The molecule has 0 aromatic heterocycles. The largest absolute Gasteiger partial charge is 0.385 e. The molecular formula is C14H32N2O. The Balaban J connectivity index is 3.45. The van der Waals surface area contributed by atoms with Crippen LogP contribution in [0.3, 0.4) is 0 Å². The van der Waals surface area contributed by atoms with E-state index in [1.165, 1.54) is 45.3 Å². The van der Waals surface area contributed by atoms with Crippen molar-refractivity contribution in [1.82, 2.24) is 10.2 Å². The molecule has 0 amide bonds. The monoisotopic (exact) mass is 244 g/mol. The van der Waals surface area contributed by atoms with Gasteiger partial charge in [0, 0.05) is 26.8 Å². The van der Waals surface area contributed by atoms with E-state index in [1.54, 1.807) is 7.11 Å². The van der Waals surface area contributed by atoms with Gasteiger partial charge in [-0.3, -0.25) is 0 Å². The minimum Gasteiger partial charge on any atom is -0.385 e. The second kappa shape index (κ2) is 13.9. The van der Waals surface area contributed by atoms with Crippen molar-refractivity contribution in [1.29, 1.82) is 0 Å². The molecule has 0 aromatic rings. The highest BCUT2D eigenvalue weighted by Gasteiger charge is 2.02. The lowest BCUT2D eigenvalue weighted by molar-refractivity contribution is 0.193. The van der Waals surface area contributed by atoms with Crippen molar-refractivity contribution in [2.45, 2.75) is 46.0 Å². The fourth-order valence-electron chi connectivity index (χ4n) is 1.80. The first-order chi connectivity index (χ1) is 8.35. The van der Waals surface area contributed by atoms with E-state index in [4.69, 9.17) is 4.74 Å². The number of nitrogens with zero attached hydrogens (tertiary/aromatic N) is 1. The predicted molar refractivity (Wildman–Crippen MR) is 75.6 cm³/mol. The maximum atomic E-state index is 5.03. The molecule has 0 saturated heterocycles. The highest BCUT2D eigenvalue weighted by Crippen LogP contribution is 1.98. The third-order valence-electron chi connectivity index (χ3n) is 2.96. The van der Waals surface area contributed by atoms with E-state index in [0.717, 1.165) is 26.1 Å². The average Bonchev–Trinajstić information content (AvgIpc) is 2.35. The highest BCUT2D eigenvalue weighted by atomic mass is 16.5. The maximum Gasteiger partial charge on any atom is 0.0474 e. The average molecular weight is 244 g/mol. The summed E-state index contributed by atoms with van der Waals surface area (Å²) in [7, 11) is 1.76. The zero-order valence-electron chi connectivity index (χ0n) is 12.1. The number of hydrogen-bond donors (Lipinski definition) is 1. The Bertz CT molecular complexity index is 134. The molecule has 0 aliphatic heterocycles. The van der Waals surface area contributed by atoms with Gasteiger partial charge in [0.1, 0.15) is 0 Å². The third-order valence-corrected chi connectivity index (χ3v) is 2.96. The van der Waals surface area contributed by atoms with Crippen LogP contribution in [0.4, 0.5) is 0 Å². The van der Waals surface area contributed by atoms with Gasteiger partial charge in [-0.25, -0.2) is 0 Å². The summed E-state index contributed by atoms with van der Waals surface area (Å²) in [6.45, 7) is 11.3. The van der Waals surface area contributed by atoms with Gasteiger partial charge in [-0.15, -0.1) is 0 Å². The second-order valence-electron chi connectivity index (χ2n) is 4.65. The molecule has 3 nitrogen and oxygen atoms in total. The van der Waals surface area contributed by atoms with Crippen LogP contribution in [-0.4, -0.2) is 51.3 Å². The minimum absolute atomic E-state index is 0.863. The fraction of sp³-hybridized carbons (Fsp3) is 1.00. The predicted octanol–water partition coefficient (Wildman–Crippen LogP) is 2.51. The van der Waals surface area contributed by atoms with Crippen molar-refractivity contribution in [2.75, 3.05) is 46.4 Å². The van der Waals surface area contributed by atoms with Gasteiger partial charge in [-0.2, -0.15) is 0 Å². The summed E-state index contributed by atoms with van der Waals surface area (Å²) in [6, 6.07) is 0. The van der Waals surface area contributed by atoms with Crippen LogP contribution in [-0.2, 0) is 4.74 Å².